The molecule has 1 saturated heterocycles. The van der Waals surface area contributed by atoms with E-state index < -0.39 is 0 Å². The molecule has 1 fully saturated rings. The zero-order valence-corrected chi connectivity index (χ0v) is 16.8. The van der Waals surface area contributed by atoms with Gasteiger partial charge in [0.1, 0.15) is 0 Å². The highest BCUT2D eigenvalue weighted by atomic mass is 15.2. The zero-order valence-electron chi connectivity index (χ0n) is 16.8. The first-order valence-electron chi connectivity index (χ1n) is 9.51. The number of aliphatic imine (C=N–C) groups is 1. The third kappa shape index (κ3) is 5.62. The number of allylic oxidation sites excluding steroid dienone is 5. The topological polar surface area (TPSA) is 27.6 Å². The largest absolute Gasteiger partial charge is 0.372 e. The van der Waals surface area contributed by atoms with Crippen LogP contribution in [0.3, 0.4) is 0 Å². The maximum Gasteiger partial charge on any atom is 0.0464 e. The Bertz CT molecular complexity index is 511. The Morgan fingerprint density at radius 1 is 1.33 bits per heavy atom. The molecule has 0 amide bonds. The normalized spacial score (nSPS) is 22.8. The van der Waals surface area contributed by atoms with Crippen LogP contribution in [0.5, 0.6) is 0 Å². The summed E-state index contributed by atoms with van der Waals surface area (Å²) in [5, 5.41) is 3.53. The van der Waals surface area contributed by atoms with Gasteiger partial charge in [-0.1, -0.05) is 32.9 Å². The lowest BCUT2D eigenvalue weighted by molar-refractivity contribution is 0.255. The molecular formula is C21H37N3. The Hall–Kier alpha value is -1.35. The van der Waals surface area contributed by atoms with Crippen molar-refractivity contribution in [2.45, 2.75) is 67.3 Å². The molecule has 1 aliphatic heterocycles. The minimum Gasteiger partial charge on any atom is -0.372 e. The molecule has 0 aliphatic carbocycles. The van der Waals surface area contributed by atoms with Gasteiger partial charge in [0.2, 0.25) is 0 Å². The van der Waals surface area contributed by atoms with Gasteiger partial charge in [-0.15, -0.1) is 0 Å². The van der Waals surface area contributed by atoms with Crippen molar-refractivity contribution in [3.63, 3.8) is 0 Å². The van der Waals surface area contributed by atoms with Crippen LogP contribution in [0, 0.1) is 5.92 Å². The fraction of sp³-hybridized carbons (Fsp3) is 0.667. The molecule has 0 spiro atoms. The number of hydrogen-bond acceptors (Lipinski definition) is 3. The molecule has 3 nitrogen and oxygen atoms in total. The Morgan fingerprint density at radius 2 is 2.04 bits per heavy atom. The molecule has 24 heavy (non-hydrogen) atoms. The van der Waals surface area contributed by atoms with E-state index in [-0.39, 0.29) is 0 Å². The summed E-state index contributed by atoms with van der Waals surface area (Å²) >= 11 is 0. The van der Waals surface area contributed by atoms with Crippen molar-refractivity contribution < 1.29 is 0 Å². The molecule has 2 atom stereocenters. The van der Waals surface area contributed by atoms with Crippen molar-refractivity contribution in [2.24, 2.45) is 10.9 Å². The van der Waals surface area contributed by atoms with Gasteiger partial charge in [-0.25, -0.2) is 0 Å². The van der Waals surface area contributed by atoms with Crippen molar-refractivity contribution >= 4 is 5.71 Å². The average molecular weight is 332 g/mol. The second kappa shape index (κ2) is 10.5. The van der Waals surface area contributed by atoms with Crippen LogP contribution >= 0.6 is 0 Å². The maximum absolute atomic E-state index is 4.73. The second-order valence-electron chi connectivity index (χ2n) is 6.82. The van der Waals surface area contributed by atoms with E-state index in [1.807, 2.05) is 6.20 Å². The Kier molecular flexibility index (Phi) is 9.05. The number of rotatable bonds is 7. The maximum atomic E-state index is 4.73. The third-order valence-electron chi connectivity index (χ3n) is 4.92. The highest BCUT2D eigenvalue weighted by molar-refractivity contribution is 6.03. The van der Waals surface area contributed by atoms with Crippen molar-refractivity contribution in [3.05, 3.63) is 35.2 Å². The van der Waals surface area contributed by atoms with Gasteiger partial charge in [0.25, 0.3) is 0 Å². The van der Waals surface area contributed by atoms with Gasteiger partial charge in [-0.3, -0.25) is 4.99 Å². The summed E-state index contributed by atoms with van der Waals surface area (Å²) < 4.78 is 0. The molecule has 0 saturated carbocycles. The fourth-order valence-corrected chi connectivity index (χ4v) is 3.30. The lowest BCUT2D eigenvalue weighted by Crippen LogP contribution is -2.48. The molecule has 1 N–H and O–H groups in total. The molecule has 1 rings (SSSR count). The van der Waals surface area contributed by atoms with Crippen LogP contribution < -0.4 is 5.32 Å². The molecule has 0 bridgehead atoms. The number of nitrogens with one attached hydrogen (secondary N) is 1. The van der Waals surface area contributed by atoms with Gasteiger partial charge in [0, 0.05) is 48.9 Å². The van der Waals surface area contributed by atoms with Crippen LogP contribution in [0.1, 0.15) is 61.3 Å². The Labute approximate surface area is 149 Å². The minimum atomic E-state index is 0.532. The smallest absolute Gasteiger partial charge is 0.0464 e. The van der Waals surface area contributed by atoms with Crippen molar-refractivity contribution in [3.8, 4) is 0 Å². The number of hydrogen-bond donors (Lipinski definition) is 1. The predicted molar refractivity (Wildman–Crippen MR) is 107 cm³/mol. The zero-order chi connectivity index (χ0) is 18.1. The van der Waals surface area contributed by atoms with Gasteiger partial charge < -0.3 is 10.2 Å². The first-order chi connectivity index (χ1) is 11.5. The molecule has 0 radical (unpaired) electrons. The van der Waals surface area contributed by atoms with Crippen molar-refractivity contribution in [1.82, 2.24) is 10.2 Å². The standard InChI is InChI=1S/C21H37N3/c1-8-11-12-23-18(6)21(20(10-3)16(4)9-2)19(7)24-14-13-22-17(5)15-24/h10-12,16-17,22H,8-9,13-15H2,1-7H3/b12-11+,20-10-,21-19-,23-18+. The van der Waals surface area contributed by atoms with Crippen LogP contribution in [0.15, 0.2) is 40.2 Å². The van der Waals surface area contributed by atoms with Crippen molar-refractivity contribution in [1.29, 1.82) is 0 Å². The minimum absolute atomic E-state index is 0.532. The van der Waals surface area contributed by atoms with E-state index in [0.29, 0.717) is 12.0 Å². The average Bonchev–Trinajstić information content (AvgIpc) is 2.58. The van der Waals surface area contributed by atoms with Gasteiger partial charge in [-0.2, -0.15) is 0 Å². The van der Waals surface area contributed by atoms with E-state index in [1.165, 1.54) is 16.8 Å². The summed E-state index contributed by atoms with van der Waals surface area (Å²) in [5.74, 6) is 0.542. The molecule has 0 aromatic rings. The Balaban J connectivity index is 3.32. The quantitative estimate of drug-likeness (QED) is 0.529. The van der Waals surface area contributed by atoms with Gasteiger partial charge in [-0.05, 0) is 52.0 Å². The fourth-order valence-electron chi connectivity index (χ4n) is 3.30. The molecule has 0 aromatic heterocycles. The molecule has 1 aliphatic rings. The van der Waals surface area contributed by atoms with Crippen LogP contribution in [-0.4, -0.2) is 36.3 Å². The van der Waals surface area contributed by atoms with Crippen LogP contribution in [-0.2, 0) is 0 Å². The lowest BCUT2D eigenvalue weighted by Gasteiger charge is -2.36. The van der Waals surface area contributed by atoms with Gasteiger partial charge >= 0.3 is 0 Å². The Morgan fingerprint density at radius 3 is 2.58 bits per heavy atom. The van der Waals surface area contributed by atoms with Crippen LogP contribution in [0.25, 0.3) is 0 Å². The van der Waals surface area contributed by atoms with Gasteiger partial charge in [0.05, 0.1) is 0 Å². The molecule has 2 unspecified atom stereocenters. The number of piperazine rings is 1. The highest BCUT2D eigenvalue weighted by Gasteiger charge is 2.22. The molecule has 0 aromatic carbocycles. The number of nitrogens with zero attached hydrogens (tertiary/aromatic N) is 2. The van der Waals surface area contributed by atoms with Crippen LogP contribution in [0.2, 0.25) is 0 Å². The second-order valence-corrected chi connectivity index (χ2v) is 6.82. The van der Waals surface area contributed by atoms with E-state index in [0.717, 1.165) is 38.2 Å². The van der Waals surface area contributed by atoms with Gasteiger partial charge in [0.15, 0.2) is 0 Å². The SMILES string of the molecule is C\C=C(C(/C(C)=N/C=C/CC)=C(/C)N1CCNC(C)C1)\C(C)CC. The summed E-state index contributed by atoms with van der Waals surface area (Å²) in [4.78, 5) is 7.25. The van der Waals surface area contributed by atoms with E-state index in [2.05, 4.69) is 70.8 Å². The van der Waals surface area contributed by atoms with E-state index in [1.54, 1.807) is 0 Å². The van der Waals surface area contributed by atoms with Crippen LogP contribution in [0.4, 0.5) is 0 Å². The summed E-state index contributed by atoms with van der Waals surface area (Å²) in [6, 6.07) is 0.532. The first kappa shape index (κ1) is 20.7. The molecule has 136 valence electrons. The summed E-state index contributed by atoms with van der Waals surface area (Å²) in [7, 11) is 0. The summed E-state index contributed by atoms with van der Waals surface area (Å²) in [6.07, 6.45) is 8.51. The first-order valence-corrected chi connectivity index (χ1v) is 9.51. The van der Waals surface area contributed by atoms with Crippen molar-refractivity contribution in [2.75, 3.05) is 19.6 Å². The lowest BCUT2D eigenvalue weighted by atomic mass is 9.87. The highest BCUT2D eigenvalue weighted by Crippen LogP contribution is 2.28. The summed E-state index contributed by atoms with van der Waals surface area (Å²) in [6.45, 7) is 18.7. The molecule has 1 heterocycles. The summed E-state index contributed by atoms with van der Waals surface area (Å²) in [5.41, 5.74) is 5.24. The molecular weight excluding hydrogens is 294 g/mol. The van der Waals surface area contributed by atoms with E-state index in [4.69, 9.17) is 4.99 Å². The van der Waals surface area contributed by atoms with E-state index >= 15 is 0 Å². The van der Waals surface area contributed by atoms with E-state index in [9.17, 15) is 0 Å². The third-order valence-corrected chi connectivity index (χ3v) is 4.92. The monoisotopic (exact) mass is 331 g/mol. The predicted octanol–water partition coefficient (Wildman–Crippen LogP) is 4.93. The molecule has 3 heteroatoms.